The molecule has 1 heterocycles. The van der Waals surface area contributed by atoms with E-state index in [1.54, 1.807) is 0 Å². The van der Waals surface area contributed by atoms with Crippen molar-refractivity contribution in [3.05, 3.63) is 59.3 Å². The van der Waals surface area contributed by atoms with Gasteiger partial charge in [0.2, 0.25) is 0 Å². The Hall–Kier alpha value is -2.55. The number of aromatic amines is 1. The van der Waals surface area contributed by atoms with Crippen LogP contribution in [-0.4, -0.2) is 16.1 Å². The highest BCUT2D eigenvalue weighted by molar-refractivity contribution is 6.04. The van der Waals surface area contributed by atoms with Crippen LogP contribution in [-0.2, 0) is 0 Å². The van der Waals surface area contributed by atoms with Gasteiger partial charge < -0.3 is 10.1 Å². The lowest BCUT2D eigenvalue weighted by Gasteiger charge is -2.06. The Kier molecular flexibility index (Phi) is 2.83. The first-order valence-corrected chi connectivity index (χ1v) is 6.48. The fourth-order valence-corrected chi connectivity index (χ4v) is 2.62. The lowest BCUT2D eigenvalue weighted by molar-refractivity contribution is 0.0699. The number of hydrogen-bond acceptors (Lipinski definition) is 1. The second kappa shape index (κ2) is 4.53. The van der Waals surface area contributed by atoms with E-state index in [0.29, 0.717) is 5.56 Å². The average molecular weight is 265 g/mol. The van der Waals surface area contributed by atoms with Crippen molar-refractivity contribution in [1.29, 1.82) is 0 Å². The second-order valence-electron chi connectivity index (χ2n) is 5.14. The van der Waals surface area contributed by atoms with Gasteiger partial charge in [0.25, 0.3) is 0 Å². The number of H-pyrrole nitrogens is 1. The SMILES string of the molecule is Cc1cc(C)cc(-c2ccc3c(C(=O)O)c[nH]c3c2)c1. The number of hydrogen-bond donors (Lipinski definition) is 2. The summed E-state index contributed by atoms with van der Waals surface area (Å²) in [6, 6.07) is 12.2. The maximum Gasteiger partial charge on any atom is 0.337 e. The molecule has 0 spiro atoms. The minimum Gasteiger partial charge on any atom is -0.478 e. The molecule has 0 saturated heterocycles. The molecule has 20 heavy (non-hydrogen) atoms. The van der Waals surface area contributed by atoms with Crippen molar-refractivity contribution in [2.45, 2.75) is 13.8 Å². The third kappa shape index (κ3) is 2.07. The Bertz CT molecular complexity index is 795. The molecule has 2 aromatic carbocycles. The van der Waals surface area contributed by atoms with E-state index in [1.165, 1.54) is 17.3 Å². The smallest absolute Gasteiger partial charge is 0.337 e. The normalized spacial score (nSPS) is 10.9. The third-order valence-electron chi connectivity index (χ3n) is 3.47. The van der Waals surface area contributed by atoms with Crippen molar-refractivity contribution in [3.8, 4) is 11.1 Å². The summed E-state index contributed by atoms with van der Waals surface area (Å²) in [4.78, 5) is 14.1. The van der Waals surface area contributed by atoms with E-state index in [0.717, 1.165) is 22.0 Å². The van der Waals surface area contributed by atoms with E-state index in [2.05, 4.69) is 37.0 Å². The van der Waals surface area contributed by atoms with Crippen LogP contribution in [0.1, 0.15) is 21.5 Å². The van der Waals surface area contributed by atoms with Crippen LogP contribution >= 0.6 is 0 Å². The molecular weight excluding hydrogens is 250 g/mol. The molecule has 3 rings (SSSR count). The van der Waals surface area contributed by atoms with Crippen LogP contribution in [0.2, 0.25) is 0 Å². The van der Waals surface area contributed by atoms with Crippen LogP contribution in [0.4, 0.5) is 0 Å². The van der Waals surface area contributed by atoms with Gasteiger partial charge in [-0.25, -0.2) is 4.79 Å². The Morgan fingerprint density at radius 1 is 1.00 bits per heavy atom. The fraction of sp³-hybridized carbons (Fsp3) is 0.118. The van der Waals surface area contributed by atoms with Gasteiger partial charge in [0.15, 0.2) is 0 Å². The van der Waals surface area contributed by atoms with Gasteiger partial charge in [-0.05, 0) is 31.0 Å². The molecular formula is C17H15NO2. The number of benzene rings is 2. The van der Waals surface area contributed by atoms with Gasteiger partial charge in [-0.3, -0.25) is 0 Å². The maximum absolute atomic E-state index is 11.1. The lowest BCUT2D eigenvalue weighted by Crippen LogP contribution is -1.93. The molecule has 0 atom stereocenters. The molecule has 0 aliphatic rings. The van der Waals surface area contributed by atoms with Gasteiger partial charge in [-0.2, -0.15) is 0 Å². The Labute approximate surface area is 116 Å². The molecule has 0 saturated carbocycles. The highest BCUT2D eigenvalue weighted by atomic mass is 16.4. The highest BCUT2D eigenvalue weighted by Gasteiger charge is 2.11. The number of carboxylic acid groups (broad SMARTS) is 1. The van der Waals surface area contributed by atoms with Crippen LogP contribution in [0.15, 0.2) is 42.6 Å². The van der Waals surface area contributed by atoms with Crippen molar-refractivity contribution in [2.24, 2.45) is 0 Å². The van der Waals surface area contributed by atoms with Crippen LogP contribution < -0.4 is 0 Å². The van der Waals surface area contributed by atoms with Crippen LogP contribution in [0.3, 0.4) is 0 Å². The quantitative estimate of drug-likeness (QED) is 0.731. The largest absolute Gasteiger partial charge is 0.478 e. The molecule has 0 bridgehead atoms. The molecule has 3 heteroatoms. The van der Waals surface area contributed by atoms with E-state index in [1.807, 2.05) is 18.2 Å². The Balaban J connectivity index is 2.16. The van der Waals surface area contributed by atoms with E-state index in [4.69, 9.17) is 5.11 Å². The van der Waals surface area contributed by atoms with Crippen molar-refractivity contribution >= 4 is 16.9 Å². The Morgan fingerprint density at radius 3 is 2.35 bits per heavy atom. The molecule has 0 fully saturated rings. The van der Waals surface area contributed by atoms with Gasteiger partial charge in [0, 0.05) is 17.1 Å². The number of aromatic nitrogens is 1. The maximum atomic E-state index is 11.1. The zero-order valence-electron chi connectivity index (χ0n) is 11.4. The van der Waals surface area contributed by atoms with E-state index in [9.17, 15) is 4.79 Å². The summed E-state index contributed by atoms with van der Waals surface area (Å²) in [5, 5.41) is 9.85. The monoisotopic (exact) mass is 265 g/mol. The Morgan fingerprint density at radius 2 is 1.70 bits per heavy atom. The molecule has 3 nitrogen and oxygen atoms in total. The molecule has 1 aromatic heterocycles. The van der Waals surface area contributed by atoms with Crippen LogP contribution in [0, 0.1) is 13.8 Å². The number of carbonyl (C=O) groups is 1. The molecule has 0 unspecified atom stereocenters. The molecule has 0 aliphatic carbocycles. The van der Waals surface area contributed by atoms with E-state index < -0.39 is 5.97 Å². The second-order valence-corrected chi connectivity index (χ2v) is 5.14. The summed E-state index contributed by atoms with van der Waals surface area (Å²) >= 11 is 0. The van der Waals surface area contributed by atoms with Crippen molar-refractivity contribution in [2.75, 3.05) is 0 Å². The number of aromatic carboxylic acids is 1. The topological polar surface area (TPSA) is 53.1 Å². The molecule has 0 amide bonds. The zero-order valence-corrected chi connectivity index (χ0v) is 11.4. The number of aryl methyl sites for hydroxylation is 2. The van der Waals surface area contributed by atoms with Crippen LogP contribution in [0.25, 0.3) is 22.0 Å². The zero-order chi connectivity index (χ0) is 14.3. The van der Waals surface area contributed by atoms with E-state index >= 15 is 0 Å². The standard InChI is InChI=1S/C17H15NO2/c1-10-5-11(2)7-13(6-10)12-3-4-14-15(17(19)20)9-18-16(14)8-12/h3-9,18H,1-2H3,(H,19,20). The van der Waals surface area contributed by atoms with Crippen LogP contribution in [0.5, 0.6) is 0 Å². The predicted molar refractivity (Wildman–Crippen MR) is 80.2 cm³/mol. The molecule has 0 radical (unpaired) electrons. The summed E-state index contributed by atoms with van der Waals surface area (Å²) in [6.45, 7) is 4.15. The number of rotatable bonds is 2. The van der Waals surface area contributed by atoms with Crippen molar-refractivity contribution < 1.29 is 9.90 Å². The minimum absolute atomic E-state index is 0.312. The summed E-state index contributed by atoms with van der Waals surface area (Å²) in [5.74, 6) is -0.907. The summed E-state index contributed by atoms with van der Waals surface area (Å²) in [5.41, 5.74) is 5.83. The first-order chi connectivity index (χ1) is 9.54. The van der Waals surface area contributed by atoms with Gasteiger partial charge in [-0.15, -0.1) is 0 Å². The molecule has 0 aliphatic heterocycles. The summed E-state index contributed by atoms with van der Waals surface area (Å²) in [6.07, 6.45) is 1.54. The first-order valence-electron chi connectivity index (χ1n) is 6.48. The molecule has 2 N–H and O–H groups in total. The molecule has 100 valence electrons. The van der Waals surface area contributed by atoms with Crippen molar-refractivity contribution in [3.63, 3.8) is 0 Å². The predicted octanol–water partition coefficient (Wildman–Crippen LogP) is 4.15. The summed E-state index contributed by atoms with van der Waals surface area (Å²) < 4.78 is 0. The first kappa shape index (κ1) is 12.5. The fourth-order valence-electron chi connectivity index (χ4n) is 2.62. The average Bonchev–Trinajstić information content (AvgIpc) is 2.80. The number of carboxylic acids is 1. The lowest BCUT2D eigenvalue weighted by atomic mass is 9.99. The van der Waals surface area contributed by atoms with E-state index in [-0.39, 0.29) is 0 Å². The summed E-state index contributed by atoms with van der Waals surface area (Å²) in [7, 11) is 0. The number of nitrogens with one attached hydrogen (secondary N) is 1. The molecule has 3 aromatic rings. The minimum atomic E-state index is -0.907. The van der Waals surface area contributed by atoms with Gasteiger partial charge >= 0.3 is 5.97 Å². The number of fused-ring (bicyclic) bond motifs is 1. The third-order valence-corrected chi connectivity index (χ3v) is 3.47. The highest BCUT2D eigenvalue weighted by Crippen LogP contribution is 2.27. The van der Waals surface area contributed by atoms with Gasteiger partial charge in [0.05, 0.1) is 5.56 Å². The van der Waals surface area contributed by atoms with Crippen molar-refractivity contribution in [1.82, 2.24) is 4.98 Å². The van der Waals surface area contributed by atoms with Gasteiger partial charge in [-0.1, -0.05) is 41.5 Å². The van der Waals surface area contributed by atoms with Gasteiger partial charge in [0.1, 0.15) is 0 Å².